The molecule has 0 aromatic carbocycles. The van der Waals surface area contributed by atoms with E-state index in [1.165, 1.54) is 0 Å². The molecule has 0 unspecified atom stereocenters. The summed E-state index contributed by atoms with van der Waals surface area (Å²) in [5.41, 5.74) is 6.96. The minimum Gasteiger partial charge on any atom is -0.397 e. The first kappa shape index (κ1) is 15.5. The van der Waals surface area contributed by atoms with Gasteiger partial charge in [0.15, 0.2) is 0 Å². The number of nitrogens with zero attached hydrogens (tertiary/aromatic N) is 2. The van der Waals surface area contributed by atoms with Gasteiger partial charge in [-0.25, -0.2) is 0 Å². The summed E-state index contributed by atoms with van der Waals surface area (Å²) in [6.07, 6.45) is 1.78. The van der Waals surface area contributed by atoms with E-state index in [0.717, 1.165) is 0 Å². The average molecular weight is 269 g/mol. The number of methoxy groups -OCH3 is 2. The van der Waals surface area contributed by atoms with Gasteiger partial charge in [0.05, 0.1) is 18.9 Å². The number of rotatable bonds is 8. The van der Waals surface area contributed by atoms with Crippen LogP contribution in [0.2, 0.25) is 0 Å². The zero-order chi connectivity index (χ0) is 14.3. The number of nitrogens with two attached hydrogens (primary N) is 1. The molecule has 0 fully saturated rings. The van der Waals surface area contributed by atoms with E-state index in [1.807, 2.05) is 11.5 Å². The highest BCUT2D eigenvalue weighted by molar-refractivity contribution is 5.93. The maximum Gasteiger partial charge on any atom is 0.270 e. The van der Waals surface area contributed by atoms with Crippen LogP contribution in [0.15, 0.2) is 12.3 Å². The van der Waals surface area contributed by atoms with Crippen LogP contribution >= 0.6 is 0 Å². The number of carbonyl (C=O) groups is 1. The van der Waals surface area contributed by atoms with Crippen molar-refractivity contribution < 1.29 is 14.3 Å². The van der Waals surface area contributed by atoms with Crippen LogP contribution in [0.25, 0.3) is 0 Å². The Morgan fingerprint density at radius 1 is 1.32 bits per heavy atom. The fourth-order valence-corrected chi connectivity index (χ4v) is 1.85. The third kappa shape index (κ3) is 4.25. The summed E-state index contributed by atoms with van der Waals surface area (Å²) in [6.45, 7) is 4.75. The monoisotopic (exact) mass is 269 g/mol. The largest absolute Gasteiger partial charge is 0.397 e. The van der Waals surface area contributed by atoms with E-state index >= 15 is 0 Å². The quantitative estimate of drug-likeness (QED) is 0.758. The van der Waals surface area contributed by atoms with Crippen LogP contribution in [0.1, 0.15) is 17.4 Å². The lowest BCUT2D eigenvalue weighted by atomic mass is 10.3. The Hall–Kier alpha value is -1.53. The van der Waals surface area contributed by atoms with Crippen LogP contribution in [0.4, 0.5) is 5.69 Å². The lowest BCUT2D eigenvalue weighted by Gasteiger charge is -2.22. The van der Waals surface area contributed by atoms with Crippen LogP contribution < -0.4 is 5.73 Å². The van der Waals surface area contributed by atoms with E-state index in [9.17, 15) is 4.79 Å². The number of amides is 1. The van der Waals surface area contributed by atoms with Gasteiger partial charge >= 0.3 is 0 Å². The second-order valence-electron chi connectivity index (χ2n) is 4.22. The number of hydrogen-bond acceptors (Lipinski definition) is 4. The number of nitrogen functional groups attached to an aromatic ring is 1. The molecule has 1 aromatic heterocycles. The third-order valence-corrected chi connectivity index (χ3v) is 2.90. The minimum absolute atomic E-state index is 0.0485. The van der Waals surface area contributed by atoms with Crippen LogP contribution in [-0.4, -0.2) is 55.9 Å². The van der Waals surface area contributed by atoms with Crippen LogP contribution in [-0.2, 0) is 16.0 Å². The molecule has 108 valence electrons. The highest BCUT2D eigenvalue weighted by atomic mass is 16.5. The minimum atomic E-state index is -0.0485. The van der Waals surface area contributed by atoms with E-state index in [0.29, 0.717) is 44.2 Å². The lowest BCUT2D eigenvalue weighted by Crippen LogP contribution is -2.37. The fourth-order valence-electron chi connectivity index (χ4n) is 1.85. The SMILES string of the molecule is CCn1cc(N)cc1C(=O)N(CCOC)CCOC. The Labute approximate surface area is 114 Å². The normalized spacial score (nSPS) is 10.7. The van der Waals surface area contributed by atoms with Crippen molar-refractivity contribution in [1.29, 1.82) is 0 Å². The second kappa shape index (κ2) is 7.81. The van der Waals surface area contributed by atoms with Crippen molar-refractivity contribution in [2.75, 3.05) is 46.3 Å². The fraction of sp³-hybridized carbons (Fsp3) is 0.615. The molecule has 0 atom stereocenters. The summed E-state index contributed by atoms with van der Waals surface area (Å²) in [4.78, 5) is 14.2. The summed E-state index contributed by atoms with van der Waals surface area (Å²) < 4.78 is 11.9. The molecule has 2 N–H and O–H groups in total. The summed E-state index contributed by atoms with van der Waals surface area (Å²) in [5, 5.41) is 0. The first-order chi connectivity index (χ1) is 9.13. The number of hydrogen-bond donors (Lipinski definition) is 1. The third-order valence-electron chi connectivity index (χ3n) is 2.90. The molecule has 6 heteroatoms. The Bertz CT molecular complexity index is 396. The second-order valence-corrected chi connectivity index (χ2v) is 4.22. The van der Waals surface area contributed by atoms with Gasteiger partial charge in [-0.15, -0.1) is 0 Å². The number of anilines is 1. The van der Waals surface area contributed by atoms with Gasteiger partial charge in [0, 0.05) is 40.1 Å². The smallest absolute Gasteiger partial charge is 0.270 e. The van der Waals surface area contributed by atoms with Gasteiger partial charge < -0.3 is 24.7 Å². The van der Waals surface area contributed by atoms with Gasteiger partial charge in [0.2, 0.25) is 0 Å². The maximum absolute atomic E-state index is 12.5. The molecule has 0 bridgehead atoms. The van der Waals surface area contributed by atoms with Gasteiger partial charge in [0.25, 0.3) is 5.91 Å². The average Bonchev–Trinajstić information content (AvgIpc) is 2.79. The molecule has 0 saturated carbocycles. The maximum atomic E-state index is 12.5. The van der Waals surface area contributed by atoms with Crippen LogP contribution in [0, 0.1) is 0 Å². The van der Waals surface area contributed by atoms with E-state index in [2.05, 4.69) is 0 Å². The molecular weight excluding hydrogens is 246 g/mol. The molecule has 1 heterocycles. The highest BCUT2D eigenvalue weighted by Crippen LogP contribution is 2.13. The predicted octanol–water partition coefficient (Wildman–Crippen LogP) is 0.825. The number of ether oxygens (including phenoxy) is 2. The van der Waals surface area contributed by atoms with Crippen molar-refractivity contribution in [1.82, 2.24) is 9.47 Å². The van der Waals surface area contributed by atoms with E-state index in [-0.39, 0.29) is 5.91 Å². The van der Waals surface area contributed by atoms with Crippen LogP contribution in [0.5, 0.6) is 0 Å². The first-order valence-electron chi connectivity index (χ1n) is 6.36. The Morgan fingerprint density at radius 2 is 1.89 bits per heavy atom. The van der Waals surface area contributed by atoms with Gasteiger partial charge in [-0.05, 0) is 13.0 Å². The van der Waals surface area contributed by atoms with Crippen molar-refractivity contribution in [3.8, 4) is 0 Å². The summed E-state index contributed by atoms with van der Waals surface area (Å²) in [6, 6.07) is 1.71. The number of carbonyl (C=O) groups excluding carboxylic acids is 1. The molecule has 1 aromatic rings. The predicted molar refractivity (Wildman–Crippen MR) is 74.2 cm³/mol. The lowest BCUT2D eigenvalue weighted by molar-refractivity contribution is 0.0617. The number of aromatic nitrogens is 1. The standard InChI is InChI=1S/C13H23N3O3/c1-4-15-10-11(14)9-12(15)13(17)16(5-7-18-2)6-8-19-3/h9-10H,4-8,14H2,1-3H3. The Morgan fingerprint density at radius 3 is 2.37 bits per heavy atom. The molecule has 0 aliphatic carbocycles. The van der Waals surface area contributed by atoms with Gasteiger partial charge in [-0.3, -0.25) is 4.79 Å². The summed E-state index contributed by atoms with van der Waals surface area (Å²) >= 11 is 0. The zero-order valence-corrected chi connectivity index (χ0v) is 11.9. The number of aryl methyl sites for hydroxylation is 1. The van der Waals surface area contributed by atoms with Crippen molar-refractivity contribution in [3.63, 3.8) is 0 Å². The van der Waals surface area contributed by atoms with Crippen LogP contribution in [0.3, 0.4) is 0 Å². The topological polar surface area (TPSA) is 69.7 Å². The molecule has 19 heavy (non-hydrogen) atoms. The molecule has 0 aliphatic heterocycles. The molecule has 6 nitrogen and oxygen atoms in total. The first-order valence-corrected chi connectivity index (χ1v) is 6.36. The van der Waals surface area contributed by atoms with Crippen molar-refractivity contribution >= 4 is 11.6 Å². The Balaban J connectivity index is 2.83. The van der Waals surface area contributed by atoms with Crippen molar-refractivity contribution in [2.24, 2.45) is 0 Å². The molecular formula is C13H23N3O3. The van der Waals surface area contributed by atoms with Gasteiger partial charge in [-0.2, -0.15) is 0 Å². The van der Waals surface area contributed by atoms with E-state index in [4.69, 9.17) is 15.2 Å². The van der Waals surface area contributed by atoms with Gasteiger partial charge in [-0.1, -0.05) is 0 Å². The van der Waals surface area contributed by atoms with E-state index in [1.54, 1.807) is 31.4 Å². The molecule has 1 amide bonds. The Kier molecular flexibility index (Phi) is 6.38. The molecule has 1 rings (SSSR count). The zero-order valence-electron chi connectivity index (χ0n) is 11.9. The van der Waals surface area contributed by atoms with E-state index < -0.39 is 0 Å². The van der Waals surface area contributed by atoms with Crippen molar-refractivity contribution in [2.45, 2.75) is 13.5 Å². The molecule has 0 aliphatic rings. The summed E-state index contributed by atoms with van der Waals surface area (Å²) in [7, 11) is 3.23. The summed E-state index contributed by atoms with van der Waals surface area (Å²) in [5.74, 6) is -0.0485. The van der Waals surface area contributed by atoms with Crippen molar-refractivity contribution in [3.05, 3.63) is 18.0 Å². The molecule has 0 saturated heterocycles. The molecule has 0 radical (unpaired) electrons. The highest BCUT2D eigenvalue weighted by Gasteiger charge is 2.19. The molecule has 0 spiro atoms. The van der Waals surface area contributed by atoms with Gasteiger partial charge in [0.1, 0.15) is 5.69 Å².